The lowest BCUT2D eigenvalue weighted by atomic mass is 9.91. The molecule has 5 rings (SSSR count). The summed E-state index contributed by atoms with van der Waals surface area (Å²) in [5, 5.41) is 19.1. The molecule has 0 bridgehead atoms. The molecule has 10 heteroatoms. The van der Waals surface area contributed by atoms with Crippen molar-refractivity contribution in [1.82, 2.24) is 25.6 Å². The molecule has 176 valence electrons. The molecule has 1 atom stereocenters. The number of thioether (sulfide) groups is 1. The molecule has 3 aromatic rings. The third-order valence-corrected chi connectivity index (χ3v) is 6.86. The zero-order valence-corrected chi connectivity index (χ0v) is 19.3. The lowest BCUT2D eigenvalue weighted by Crippen LogP contribution is -2.37. The first kappa shape index (κ1) is 22.6. The molecule has 1 saturated heterocycles. The molecule has 0 radical (unpaired) electrons. The van der Waals surface area contributed by atoms with E-state index in [1.807, 2.05) is 18.2 Å². The Balaban J connectivity index is 1.13. The van der Waals surface area contributed by atoms with Gasteiger partial charge >= 0.3 is 0 Å². The Morgan fingerprint density at radius 3 is 2.74 bits per heavy atom. The van der Waals surface area contributed by atoms with Crippen molar-refractivity contribution in [2.75, 3.05) is 5.32 Å². The number of aromatic nitrogens is 3. The molecule has 2 aliphatic rings. The molecular weight excluding hydrogens is 452 g/mol. The van der Waals surface area contributed by atoms with Crippen molar-refractivity contribution in [3.05, 3.63) is 65.2 Å². The third-order valence-electron chi connectivity index (χ3n) is 5.96. The van der Waals surface area contributed by atoms with E-state index >= 15 is 0 Å². The molecule has 1 saturated carbocycles. The summed E-state index contributed by atoms with van der Waals surface area (Å²) in [6.07, 6.45) is 10.9. The van der Waals surface area contributed by atoms with Crippen molar-refractivity contribution < 1.29 is 14.3 Å². The summed E-state index contributed by atoms with van der Waals surface area (Å²) in [6.45, 7) is 0.743. The van der Waals surface area contributed by atoms with Crippen LogP contribution < -0.4 is 16.0 Å². The van der Waals surface area contributed by atoms with Crippen LogP contribution in [-0.2, 0) is 11.3 Å². The van der Waals surface area contributed by atoms with Crippen LogP contribution in [0.25, 0.3) is 17.5 Å². The Morgan fingerprint density at radius 2 is 1.97 bits per heavy atom. The van der Waals surface area contributed by atoms with E-state index in [1.54, 1.807) is 30.8 Å². The summed E-state index contributed by atoms with van der Waals surface area (Å²) in [5.41, 5.74) is 1.73. The Labute approximate surface area is 201 Å². The van der Waals surface area contributed by atoms with Gasteiger partial charge in [0.15, 0.2) is 11.3 Å². The normalized spacial score (nSPS) is 23.7. The number of amides is 1. The van der Waals surface area contributed by atoms with Crippen LogP contribution in [0.5, 0.6) is 0 Å². The maximum Gasteiger partial charge on any atom is 0.260 e. The topological polar surface area (TPSA) is 125 Å². The van der Waals surface area contributed by atoms with Gasteiger partial charge in [-0.15, -0.1) is 0 Å². The summed E-state index contributed by atoms with van der Waals surface area (Å²) < 4.78 is 5.53. The van der Waals surface area contributed by atoms with Gasteiger partial charge < -0.3 is 25.5 Å². The van der Waals surface area contributed by atoms with Gasteiger partial charge in [0.2, 0.25) is 5.95 Å². The second-order valence-electron chi connectivity index (χ2n) is 8.32. The van der Waals surface area contributed by atoms with Crippen LogP contribution in [-0.4, -0.2) is 43.6 Å². The van der Waals surface area contributed by atoms with Gasteiger partial charge in [-0.25, -0.2) is 9.97 Å². The summed E-state index contributed by atoms with van der Waals surface area (Å²) in [6, 6.07) is 10.3. The zero-order valence-electron chi connectivity index (χ0n) is 18.5. The highest BCUT2D eigenvalue weighted by Crippen LogP contribution is 2.28. The summed E-state index contributed by atoms with van der Waals surface area (Å²) >= 11 is 1.07. The number of carbonyl (C=O) groups is 1. The summed E-state index contributed by atoms with van der Waals surface area (Å²) in [4.78, 5) is 25.6. The quantitative estimate of drug-likeness (QED) is 0.379. The van der Waals surface area contributed by atoms with Crippen LogP contribution >= 0.6 is 11.8 Å². The Kier molecular flexibility index (Phi) is 6.89. The van der Waals surface area contributed by atoms with Crippen molar-refractivity contribution in [2.24, 2.45) is 0 Å². The number of hydrogen-bond donors (Lipinski definition) is 4. The number of nitrogens with one attached hydrogen (secondary N) is 3. The van der Waals surface area contributed by atoms with Crippen LogP contribution in [0.15, 0.2) is 58.3 Å². The highest BCUT2D eigenvalue weighted by atomic mass is 32.2. The molecule has 34 heavy (non-hydrogen) atoms. The van der Waals surface area contributed by atoms with Crippen molar-refractivity contribution in [3.8, 4) is 11.5 Å². The number of pyridine rings is 1. The van der Waals surface area contributed by atoms with Crippen LogP contribution in [0, 0.1) is 0 Å². The largest absolute Gasteiger partial charge is 0.463 e. The fraction of sp³-hybridized carbons (Fsp3) is 0.333. The molecule has 1 unspecified atom stereocenters. The minimum Gasteiger partial charge on any atom is -0.463 e. The highest BCUT2D eigenvalue weighted by molar-refractivity contribution is 8.05. The van der Waals surface area contributed by atoms with Gasteiger partial charge in [-0.3, -0.25) is 9.78 Å². The van der Waals surface area contributed by atoms with Crippen molar-refractivity contribution in [1.29, 1.82) is 0 Å². The molecule has 0 aromatic carbocycles. The predicted octanol–water partition coefficient (Wildman–Crippen LogP) is 3.12. The van der Waals surface area contributed by atoms with Gasteiger partial charge in [0.1, 0.15) is 5.69 Å². The van der Waals surface area contributed by atoms with E-state index in [1.165, 1.54) is 0 Å². The Morgan fingerprint density at radius 1 is 1.12 bits per heavy atom. The lowest BCUT2D eigenvalue weighted by molar-refractivity contribution is -0.117. The van der Waals surface area contributed by atoms with E-state index in [4.69, 9.17) is 4.42 Å². The number of anilines is 1. The maximum atomic E-state index is 11.8. The second kappa shape index (κ2) is 10.4. The number of furan rings is 1. The number of carbonyl (C=O) groups excluding carboxylic acids is 1. The van der Waals surface area contributed by atoms with Gasteiger partial charge in [0.25, 0.3) is 5.91 Å². The number of aliphatic hydroxyl groups excluding tert-OH is 1. The van der Waals surface area contributed by atoms with Crippen LogP contribution in [0.4, 0.5) is 5.95 Å². The van der Waals surface area contributed by atoms with Crippen LogP contribution in [0.2, 0.25) is 0 Å². The van der Waals surface area contributed by atoms with Crippen LogP contribution in [0.1, 0.15) is 36.9 Å². The number of aliphatic hydroxyl groups is 1. The molecule has 1 amide bonds. The molecule has 4 heterocycles. The van der Waals surface area contributed by atoms with Crippen molar-refractivity contribution in [2.45, 2.75) is 49.9 Å². The monoisotopic (exact) mass is 478 g/mol. The molecule has 0 spiro atoms. The molecule has 4 N–H and O–H groups in total. The molecule has 1 aliphatic carbocycles. The second-order valence-corrected chi connectivity index (χ2v) is 9.44. The van der Waals surface area contributed by atoms with Gasteiger partial charge in [0, 0.05) is 31.0 Å². The van der Waals surface area contributed by atoms with Crippen molar-refractivity contribution >= 4 is 29.7 Å². The van der Waals surface area contributed by atoms with E-state index in [2.05, 4.69) is 37.0 Å². The van der Waals surface area contributed by atoms with E-state index in [0.29, 0.717) is 28.6 Å². The first-order valence-electron chi connectivity index (χ1n) is 11.3. The average Bonchev–Trinajstić information content (AvgIpc) is 3.49. The summed E-state index contributed by atoms with van der Waals surface area (Å²) in [7, 11) is 0. The van der Waals surface area contributed by atoms with E-state index in [-0.39, 0.29) is 5.91 Å². The fourth-order valence-corrected chi connectivity index (χ4v) is 5.00. The Hall–Kier alpha value is -3.21. The first-order chi connectivity index (χ1) is 16.6. The third kappa shape index (κ3) is 5.46. The first-order valence-corrected chi connectivity index (χ1v) is 12.2. The van der Waals surface area contributed by atoms with Gasteiger partial charge in [-0.1, -0.05) is 17.8 Å². The van der Waals surface area contributed by atoms with Crippen molar-refractivity contribution in [3.63, 3.8) is 0 Å². The smallest absolute Gasteiger partial charge is 0.260 e. The number of hydrogen-bond acceptors (Lipinski definition) is 9. The molecular formula is C24H26N6O3S. The minimum atomic E-state index is -0.906. The zero-order chi connectivity index (χ0) is 23.3. The molecule has 2 fully saturated rings. The lowest BCUT2D eigenvalue weighted by Gasteiger charge is -2.30. The number of rotatable bonds is 7. The standard InChI is InChI=1S/C24H26N6O3S/c31-22-20(34-24(32)30-22)13-18-9-11-26-23(29-18)28-17-7-5-16(6-8-17)27-14-15-3-1-10-25-21(15)19-4-2-12-33-19/h1-4,9-13,16-17,24,27,32H,5-8,14H2,(H,30,31)(H,26,28,29)/b20-13-. The predicted molar refractivity (Wildman–Crippen MR) is 130 cm³/mol. The molecule has 3 aromatic heterocycles. The van der Waals surface area contributed by atoms with Gasteiger partial charge in [-0.2, -0.15) is 0 Å². The van der Waals surface area contributed by atoms with E-state index < -0.39 is 5.56 Å². The minimum absolute atomic E-state index is 0.293. The fourth-order valence-electron chi connectivity index (χ4n) is 4.24. The van der Waals surface area contributed by atoms with Gasteiger partial charge in [-0.05, 0) is 61.6 Å². The average molecular weight is 479 g/mol. The summed E-state index contributed by atoms with van der Waals surface area (Å²) in [5.74, 6) is 1.04. The molecule has 9 nitrogen and oxygen atoms in total. The van der Waals surface area contributed by atoms with E-state index in [9.17, 15) is 9.90 Å². The number of nitrogens with zero attached hydrogens (tertiary/aromatic N) is 3. The molecule has 1 aliphatic heterocycles. The van der Waals surface area contributed by atoms with Gasteiger partial charge in [0.05, 0.1) is 16.9 Å². The van der Waals surface area contributed by atoms with Crippen LogP contribution in [0.3, 0.4) is 0 Å². The Bertz CT molecular complexity index is 1160. The highest BCUT2D eigenvalue weighted by Gasteiger charge is 2.25. The maximum absolute atomic E-state index is 11.8. The SMILES string of the molecule is O=C1NC(O)S/C1=C\c1ccnc(NC2CCC(NCc3cccnc3-c3ccco3)CC2)n1. The van der Waals surface area contributed by atoms with E-state index in [0.717, 1.165) is 61.0 Å².